The maximum atomic E-state index is 15.5. The molecular weight excluding hydrogens is 532 g/mol. The summed E-state index contributed by atoms with van der Waals surface area (Å²) >= 11 is 0. The first-order valence-electron chi connectivity index (χ1n) is 11.8. The summed E-state index contributed by atoms with van der Waals surface area (Å²) in [6.45, 7) is 5.73. The molecule has 5 nitrogen and oxygen atoms in total. The van der Waals surface area contributed by atoms with Crippen molar-refractivity contribution in [3.63, 3.8) is 0 Å². The summed E-state index contributed by atoms with van der Waals surface area (Å²) in [6.07, 6.45) is -6.11. The van der Waals surface area contributed by atoms with E-state index in [0.717, 1.165) is 30.3 Å². The van der Waals surface area contributed by atoms with E-state index in [1.165, 1.54) is 10.8 Å². The summed E-state index contributed by atoms with van der Waals surface area (Å²) in [7, 11) is -4.06. The third kappa shape index (κ3) is 5.54. The summed E-state index contributed by atoms with van der Waals surface area (Å²) in [6, 6.07) is 4.51. The van der Waals surface area contributed by atoms with Gasteiger partial charge in [0.15, 0.2) is 0 Å². The van der Waals surface area contributed by atoms with Crippen LogP contribution in [0.1, 0.15) is 56.3 Å². The van der Waals surface area contributed by atoms with Gasteiger partial charge in [-0.1, -0.05) is 26.8 Å². The Morgan fingerprint density at radius 1 is 1.16 bits per heavy atom. The third-order valence-electron chi connectivity index (χ3n) is 6.25. The number of aromatic nitrogens is 1. The lowest BCUT2D eigenvalue weighted by Gasteiger charge is -2.20. The van der Waals surface area contributed by atoms with Gasteiger partial charge in [0.05, 0.1) is 22.4 Å². The normalized spacial score (nSPS) is 15.7. The van der Waals surface area contributed by atoms with E-state index >= 15 is 4.39 Å². The van der Waals surface area contributed by atoms with Gasteiger partial charge in [0.2, 0.25) is 10.0 Å². The van der Waals surface area contributed by atoms with Gasteiger partial charge in [0.25, 0.3) is 6.43 Å². The Kier molecular flexibility index (Phi) is 7.08. The quantitative estimate of drug-likeness (QED) is 0.326. The number of sulfonamides is 1. The summed E-state index contributed by atoms with van der Waals surface area (Å²) in [5, 5.41) is 8.64. The molecule has 3 aromatic rings. The molecule has 0 aliphatic heterocycles. The number of benzene rings is 2. The Morgan fingerprint density at radius 2 is 1.82 bits per heavy atom. The molecular formula is C26H25F6N3O2S. The van der Waals surface area contributed by atoms with Gasteiger partial charge in [-0.2, -0.15) is 18.4 Å². The number of nitriles is 1. The summed E-state index contributed by atoms with van der Waals surface area (Å²) in [4.78, 5) is 0. The molecule has 1 aliphatic carbocycles. The molecule has 1 heterocycles. The van der Waals surface area contributed by atoms with Crippen molar-refractivity contribution in [2.24, 2.45) is 5.41 Å². The second kappa shape index (κ2) is 9.61. The molecule has 1 fully saturated rings. The van der Waals surface area contributed by atoms with Crippen LogP contribution < -0.4 is 4.72 Å². The largest absolute Gasteiger partial charge is 0.417 e. The van der Waals surface area contributed by atoms with Crippen molar-refractivity contribution in [3.8, 4) is 17.2 Å². The molecule has 0 amide bonds. The summed E-state index contributed by atoms with van der Waals surface area (Å²) in [5.41, 5.74) is -3.31. The van der Waals surface area contributed by atoms with E-state index < -0.39 is 67.4 Å². The zero-order valence-electron chi connectivity index (χ0n) is 20.7. The van der Waals surface area contributed by atoms with Gasteiger partial charge in [-0.25, -0.2) is 26.3 Å². The Hall–Kier alpha value is -3.04. The van der Waals surface area contributed by atoms with Crippen LogP contribution in [0.4, 0.5) is 26.3 Å². The van der Waals surface area contributed by atoms with Gasteiger partial charge in [0, 0.05) is 40.3 Å². The molecule has 0 spiro atoms. The predicted molar refractivity (Wildman–Crippen MR) is 130 cm³/mol. The van der Waals surface area contributed by atoms with E-state index in [4.69, 9.17) is 0 Å². The number of alkyl halides is 5. The molecule has 204 valence electrons. The highest BCUT2D eigenvalue weighted by Crippen LogP contribution is 2.43. The van der Waals surface area contributed by atoms with Crippen LogP contribution in [0.2, 0.25) is 0 Å². The topological polar surface area (TPSA) is 74.9 Å². The summed E-state index contributed by atoms with van der Waals surface area (Å²) in [5.74, 6) is -1.17. The van der Waals surface area contributed by atoms with Crippen molar-refractivity contribution in [1.29, 1.82) is 5.26 Å². The first kappa shape index (κ1) is 28.0. The molecule has 0 radical (unpaired) electrons. The van der Waals surface area contributed by atoms with Gasteiger partial charge in [-0.15, -0.1) is 0 Å². The lowest BCUT2D eigenvalue weighted by atomic mass is 9.92. The van der Waals surface area contributed by atoms with Crippen LogP contribution in [-0.4, -0.2) is 24.7 Å². The Bertz CT molecular complexity index is 1530. The van der Waals surface area contributed by atoms with Crippen molar-refractivity contribution in [3.05, 3.63) is 59.0 Å². The zero-order valence-corrected chi connectivity index (χ0v) is 21.5. The molecule has 12 heteroatoms. The highest BCUT2D eigenvalue weighted by molar-refractivity contribution is 7.90. The number of rotatable bonds is 7. The number of nitrogens with zero attached hydrogens (tertiary/aromatic N) is 2. The molecule has 4 rings (SSSR count). The van der Waals surface area contributed by atoms with Gasteiger partial charge < -0.3 is 4.57 Å². The maximum absolute atomic E-state index is 15.5. The van der Waals surface area contributed by atoms with Crippen molar-refractivity contribution in [2.45, 2.75) is 64.1 Å². The lowest BCUT2D eigenvalue weighted by Crippen LogP contribution is -2.35. The Balaban J connectivity index is 2.00. The van der Waals surface area contributed by atoms with Crippen molar-refractivity contribution in [2.75, 3.05) is 0 Å². The number of hydrogen-bond acceptors (Lipinski definition) is 3. The number of halogens is 6. The molecule has 1 N–H and O–H groups in total. The number of fused-ring (bicyclic) bond motifs is 1. The van der Waals surface area contributed by atoms with Crippen LogP contribution in [0.3, 0.4) is 0 Å². The van der Waals surface area contributed by atoms with Crippen molar-refractivity contribution in [1.82, 2.24) is 9.29 Å². The third-order valence-corrected chi connectivity index (χ3v) is 8.18. The van der Waals surface area contributed by atoms with E-state index in [1.807, 2.05) is 25.5 Å². The zero-order chi connectivity index (χ0) is 28.2. The molecule has 1 atom stereocenters. The monoisotopic (exact) mass is 557 g/mol. The highest BCUT2D eigenvalue weighted by atomic mass is 32.2. The molecule has 1 saturated carbocycles. The number of hydrogen-bond donors (Lipinski definition) is 1. The van der Waals surface area contributed by atoms with Crippen LogP contribution in [0.15, 0.2) is 36.5 Å². The van der Waals surface area contributed by atoms with Crippen LogP contribution in [0.5, 0.6) is 0 Å². The fourth-order valence-electron chi connectivity index (χ4n) is 4.49. The number of nitrogens with one attached hydrogen (secondary N) is 1. The highest BCUT2D eigenvalue weighted by Gasteiger charge is 2.40. The first-order valence-corrected chi connectivity index (χ1v) is 13.3. The molecule has 0 bridgehead atoms. The molecule has 2 aromatic carbocycles. The minimum Gasteiger partial charge on any atom is -0.347 e. The average Bonchev–Trinajstić information content (AvgIpc) is 3.60. The van der Waals surface area contributed by atoms with Crippen molar-refractivity contribution >= 4 is 20.9 Å². The fraction of sp³-hybridized carbons (Fsp3) is 0.423. The van der Waals surface area contributed by atoms with E-state index in [2.05, 4.69) is 0 Å². The van der Waals surface area contributed by atoms with Crippen LogP contribution >= 0.6 is 0 Å². The maximum Gasteiger partial charge on any atom is 0.417 e. The van der Waals surface area contributed by atoms with Gasteiger partial charge >= 0.3 is 6.18 Å². The van der Waals surface area contributed by atoms with E-state index in [-0.39, 0.29) is 23.0 Å². The van der Waals surface area contributed by atoms with E-state index in [1.54, 1.807) is 6.07 Å². The molecule has 0 saturated heterocycles. The average molecular weight is 558 g/mol. The standard InChI is InChI=1S/C26H25F6N3O2S/c1-25(2,3)13-35-12-18(23(24(28)29)34-38(36,37)15-7-8-15)16-9-20(27)17(10-21(16)35)22-14(11-33)5-4-6-19(22)26(30,31)32/h4-6,9-10,12,15,23-24,34H,7-8,13H2,1-3H3/t23-/m0/s1. The van der Waals surface area contributed by atoms with Crippen LogP contribution in [0, 0.1) is 22.6 Å². The van der Waals surface area contributed by atoms with Crippen molar-refractivity contribution < 1.29 is 34.8 Å². The van der Waals surface area contributed by atoms with Gasteiger partial charge in [-0.05, 0) is 42.5 Å². The van der Waals surface area contributed by atoms with E-state index in [9.17, 15) is 35.6 Å². The second-order valence-corrected chi connectivity index (χ2v) is 12.6. The van der Waals surface area contributed by atoms with Crippen LogP contribution in [-0.2, 0) is 22.7 Å². The Morgan fingerprint density at radius 3 is 2.34 bits per heavy atom. The molecule has 0 unspecified atom stereocenters. The molecule has 1 aromatic heterocycles. The molecule has 1 aliphatic rings. The second-order valence-electron chi connectivity index (χ2n) is 10.6. The lowest BCUT2D eigenvalue weighted by molar-refractivity contribution is -0.137. The Labute approximate surface area is 216 Å². The minimum absolute atomic E-state index is 0.0673. The van der Waals surface area contributed by atoms with Gasteiger partial charge in [0.1, 0.15) is 11.9 Å². The van der Waals surface area contributed by atoms with E-state index in [0.29, 0.717) is 12.8 Å². The SMILES string of the molecule is CC(C)(C)Cn1cc([C@H](NS(=O)(=O)C2CC2)C(F)F)c2cc(F)c(-c3c(C#N)cccc3C(F)(F)F)cc21. The van der Waals surface area contributed by atoms with Crippen LogP contribution in [0.25, 0.3) is 22.0 Å². The molecule has 38 heavy (non-hydrogen) atoms. The summed E-state index contributed by atoms with van der Waals surface area (Å²) < 4.78 is 114. The van der Waals surface area contributed by atoms with Gasteiger partial charge in [-0.3, -0.25) is 0 Å². The fourth-order valence-corrected chi connectivity index (χ4v) is 6.03. The smallest absolute Gasteiger partial charge is 0.347 e. The minimum atomic E-state index is -4.90. The predicted octanol–water partition coefficient (Wildman–Crippen LogP) is 6.77. The first-order chi connectivity index (χ1) is 17.5.